The molecule has 3 heteroatoms. The van der Waals surface area contributed by atoms with Crippen molar-refractivity contribution in [2.75, 3.05) is 6.61 Å². The average molecular weight is 189 g/mol. The molecule has 2 rings (SSSR count). The first-order valence-electron chi connectivity index (χ1n) is 4.50. The smallest absolute Gasteiger partial charge is 0.150 e. The molecule has 1 aromatic heterocycles. The summed E-state index contributed by atoms with van der Waals surface area (Å²) < 4.78 is 1.93. The topological polar surface area (TPSA) is 42.2 Å². The fourth-order valence-electron chi connectivity index (χ4n) is 1.58. The largest absolute Gasteiger partial charge is 0.395 e. The van der Waals surface area contributed by atoms with Gasteiger partial charge in [-0.1, -0.05) is 12.1 Å². The Hall–Kier alpha value is -1.61. The van der Waals surface area contributed by atoms with Crippen molar-refractivity contribution >= 4 is 17.2 Å². The zero-order chi connectivity index (χ0) is 9.97. The van der Waals surface area contributed by atoms with E-state index in [1.165, 1.54) is 0 Å². The molecule has 0 radical (unpaired) electrons. The average Bonchev–Trinajstić information content (AvgIpc) is 2.61. The van der Waals surface area contributed by atoms with Crippen LogP contribution in [0, 0.1) is 0 Å². The molecule has 72 valence electrons. The number of hydrogen-bond acceptors (Lipinski definition) is 2. The second-order valence-corrected chi connectivity index (χ2v) is 3.17. The van der Waals surface area contributed by atoms with Crippen LogP contribution in [0.5, 0.6) is 0 Å². The molecular weight excluding hydrogens is 178 g/mol. The molecule has 1 N–H and O–H groups in total. The summed E-state index contributed by atoms with van der Waals surface area (Å²) in [5.41, 5.74) is 1.65. The highest BCUT2D eigenvalue weighted by atomic mass is 16.3. The lowest BCUT2D eigenvalue weighted by atomic mass is 10.2. The predicted octanol–water partition coefficient (Wildman–Crippen LogP) is 1.45. The Morgan fingerprint density at radius 3 is 2.93 bits per heavy atom. The molecule has 2 aromatic rings. The normalized spacial score (nSPS) is 10.6. The van der Waals surface area contributed by atoms with Gasteiger partial charge in [-0.2, -0.15) is 0 Å². The van der Waals surface area contributed by atoms with Crippen LogP contribution < -0.4 is 0 Å². The van der Waals surface area contributed by atoms with Crippen LogP contribution in [-0.4, -0.2) is 22.6 Å². The molecule has 3 nitrogen and oxygen atoms in total. The van der Waals surface area contributed by atoms with E-state index in [0.29, 0.717) is 12.1 Å². The SMILES string of the molecule is O=Cc1ccc2ccn(CCO)c2c1. The quantitative estimate of drug-likeness (QED) is 0.742. The maximum atomic E-state index is 10.6. The van der Waals surface area contributed by atoms with Crippen LogP contribution in [-0.2, 0) is 6.54 Å². The maximum absolute atomic E-state index is 10.6. The molecule has 1 heterocycles. The first-order valence-corrected chi connectivity index (χ1v) is 4.50. The second kappa shape index (κ2) is 3.64. The molecule has 0 aliphatic rings. The Labute approximate surface area is 81.6 Å². The lowest BCUT2D eigenvalue weighted by molar-refractivity contribution is 0.112. The van der Waals surface area contributed by atoms with E-state index in [4.69, 9.17) is 5.11 Å². The van der Waals surface area contributed by atoms with Crippen LogP contribution in [0.2, 0.25) is 0 Å². The number of aliphatic hydroxyl groups is 1. The molecule has 0 amide bonds. The molecule has 0 fully saturated rings. The van der Waals surface area contributed by atoms with Crippen LogP contribution in [0.3, 0.4) is 0 Å². The summed E-state index contributed by atoms with van der Waals surface area (Å²) in [7, 11) is 0. The van der Waals surface area contributed by atoms with E-state index in [9.17, 15) is 4.79 Å². The van der Waals surface area contributed by atoms with Crippen LogP contribution in [0.1, 0.15) is 10.4 Å². The van der Waals surface area contributed by atoms with Crippen molar-refractivity contribution < 1.29 is 9.90 Å². The van der Waals surface area contributed by atoms with Gasteiger partial charge in [0.1, 0.15) is 6.29 Å². The zero-order valence-electron chi connectivity index (χ0n) is 7.68. The first kappa shape index (κ1) is 8.97. The van der Waals surface area contributed by atoms with E-state index in [1.807, 2.05) is 29.0 Å². The van der Waals surface area contributed by atoms with Crippen molar-refractivity contribution in [3.63, 3.8) is 0 Å². The number of carbonyl (C=O) groups is 1. The monoisotopic (exact) mass is 189 g/mol. The van der Waals surface area contributed by atoms with Gasteiger partial charge in [0.05, 0.1) is 6.61 Å². The fourth-order valence-corrected chi connectivity index (χ4v) is 1.58. The van der Waals surface area contributed by atoms with Crippen molar-refractivity contribution in [1.29, 1.82) is 0 Å². The van der Waals surface area contributed by atoms with Gasteiger partial charge in [0, 0.05) is 23.8 Å². The van der Waals surface area contributed by atoms with Crippen LogP contribution in [0.25, 0.3) is 10.9 Å². The number of carbonyl (C=O) groups excluding carboxylic acids is 1. The zero-order valence-corrected chi connectivity index (χ0v) is 7.68. The molecule has 0 aliphatic carbocycles. The number of hydrogen-bond donors (Lipinski definition) is 1. The van der Waals surface area contributed by atoms with Crippen molar-refractivity contribution in [2.24, 2.45) is 0 Å². The number of rotatable bonds is 3. The highest BCUT2D eigenvalue weighted by molar-refractivity contribution is 5.87. The van der Waals surface area contributed by atoms with Crippen molar-refractivity contribution in [2.45, 2.75) is 6.54 Å². The number of benzene rings is 1. The Bertz CT molecular complexity index is 459. The van der Waals surface area contributed by atoms with Crippen LogP contribution in [0.15, 0.2) is 30.5 Å². The Kier molecular flexibility index (Phi) is 2.33. The third kappa shape index (κ3) is 1.42. The number of aromatic nitrogens is 1. The summed E-state index contributed by atoms with van der Waals surface area (Å²) >= 11 is 0. The third-order valence-corrected chi connectivity index (χ3v) is 2.27. The Balaban J connectivity index is 2.57. The van der Waals surface area contributed by atoms with Gasteiger partial charge in [-0.25, -0.2) is 0 Å². The molecule has 0 saturated carbocycles. The maximum Gasteiger partial charge on any atom is 0.150 e. The van der Waals surface area contributed by atoms with E-state index >= 15 is 0 Å². The molecule has 0 bridgehead atoms. The molecule has 0 saturated heterocycles. The van der Waals surface area contributed by atoms with Crippen LogP contribution in [0.4, 0.5) is 0 Å². The number of nitrogens with zero attached hydrogens (tertiary/aromatic N) is 1. The van der Waals surface area contributed by atoms with Gasteiger partial charge in [0.15, 0.2) is 0 Å². The van der Waals surface area contributed by atoms with Crippen molar-refractivity contribution in [1.82, 2.24) is 4.57 Å². The lowest BCUT2D eigenvalue weighted by Gasteiger charge is -2.02. The van der Waals surface area contributed by atoms with Crippen LogP contribution >= 0.6 is 0 Å². The summed E-state index contributed by atoms with van der Waals surface area (Å²) in [5, 5.41) is 9.92. The summed E-state index contributed by atoms with van der Waals surface area (Å²) in [4.78, 5) is 10.6. The molecular formula is C11H11NO2. The van der Waals surface area contributed by atoms with E-state index in [2.05, 4.69) is 0 Å². The van der Waals surface area contributed by atoms with E-state index in [-0.39, 0.29) is 6.61 Å². The second-order valence-electron chi connectivity index (χ2n) is 3.17. The van der Waals surface area contributed by atoms with Gasteiger partial charge in [-0.05, 0) is 17.5 Å². The molecule has 0 spiro atoms. The first-order chi connectivity index (χ1) is 6.85. The molecule has 0 aliphatic heterocycles. The lowest BCUT2D eigenvalue weighted by Crippen LogP contribution is -1.99. The summed E-state index contributed by atoms with van der Waals surface area (Å²) in [6.07, 6.45) is 2.74. The Morgan fingerprint density at radius 2 is 2.21 bits per heavy atom. The summed E-state index contributed by atoms with van der Waals surface area (Å²) in [6.45, 7) is 0.668. The molecule has 0 unspecified atom stereocenters. The number of aliphatic hydroxyl groups excluding tert-OH is 1. The van der Waals surface area contributed by atoms with Gasteiger partial charge in [-0.3, -0.25) is 4.79 Å². The molecule has 14 heavy (non-hydrogen) atoms. The van der Waals surface area contributed by atoms with Gasteiger partial charge in [-0.15, -0.1) is 0 Å². The van der Waals surface area contributed by atoms with E-state index in [0.717, 1.165) is 17.2 Å². The van der Waals surface area contributed by atoms with Crippen molar-refractivity contribution in [3.8, 4) is 0 Å². The third-order valence-electron chi connectivity index (χ3n) is 2.27. The minimum absolute atomic E-state index is 0.106. The van der Waals surface area contributed by atoms with E-state index in [1.54, 1.807) is 6.07 Å². The van der Waals surface area contributed by atoms with Gasteiger partial charge in [0.2, 0.25) is 0 Å². The van der Waals surface area contributed by atoms with Crippen molar-refractivity contribution in [3.05, 3.63) is 36.0 Å². The molecule has 0 atom stereocenters. The van der Waals surface area contributed by atoms with Gasteiger partial charge >= 0.3 is 0 Å². The minimum atomic E-state index is 0.106. The highest BCUT2D eigenvalue weighted by Crippen LogP contribution is 2.16. The predicted molar refractivity (Wildman–Crippen MR) is 54.4 cm³/mol. The van der Waals surface area contributed by atoms with Gasteiger partial charge in [0.25, 0.3) is 0 Å². The molecule has 1 aromatic carbocycles. The summed E-state index contributed by atoms with van der Waals surface area (Å²) in [5.74, 6) is 0. The number of aldehydes is 1. The summed E-state index contributed by atoms with van der Waals surface area (Å²) in [6, 6.07) is 7.50. The highest BCUT2D eigenvalue weighted by Gasteiger charge is 2.00. The van der Waals surface area contributed by atoms with E-state index < -0.39 is 0 Å². The standard InChI is InChI=1S/C11H11NO2/c13-6-5-12-4-3-10-2-1-9(8-14)7-11(10)12/h1-4,7-8,13H,5-6H2. The fraction of sp³-hybridized carbons (Fsp3) is 0.182. The Morgan fingerprint density at radius 1 is 1.36 bits per heavy atom. The van der Waals surface area contributed by atoms with Gasteiger partial charge < -0.3 is 9.67 Å². The minimum Gasteiger partial charge on any atom is -0.395 e. The number of fused-ring (bicyclic) bond motifs is 1.